The van der Waals surface area contributed by atoms with Crippen LogP contribution >= 0.6 is 0 Å². The van der Waals surface area contributed by atoms with Crippen molar-refractivity contribution in [2.45, 2.75) is 25.7 Å². The van der Waals surface area contributed by atoms with E-state index in [-0.39, 0.29) is 16.5 Å². The second-order valence-corrected chi connectivity index (χ2v) is 8.79. The minimum Gasteiger partial charge on any atom is -0.496 e. The van der Waals surface area contributed by atoms with E-state index in [0.29, 0.717) is 42.6 Å². The highest BCUT2D eigenvalue weighted by Crippen LogP contribution is 2.38. The molecule has 37 heavy (non-hydrogen) atoms. The van der Waals surface area contributed by atoms with Crippen molar-refractivity contribution in [3.63, 3.8) is 0 Å². The quantitative estimate of drug-likeness (QED) is 0.218. The molecule has 8 nitrogen and oxygen atoms in total. The maximum absolute atomic E-state index is 12.3. The first-order valence-corrected chi connectivity index (χ1v) is 12.4. The van der Waals surface area contributed by atoms with Crippen LogP contribution in [0.4, 0.5) is 17.1 Å². The molecule has 1 N–H and O–H groups in total. The lowest BCUT2D eigenvalue weighted by molar-refractivity contribution is -0.384. The molecule has 192 valence electrons. The lowest BCUT2D eigenvalue weighted by Gasteiger charge is -2.34. The lowest BCUT2D eigenvalue weighted by Crippen LogP contribution is -2.33. The van der Waals surface area contributed by atoms with Gasteiger partial charge in [0.1, 0.15) is 17.2 Å². The molecule has 0 spiro atoms. The summed E-state index contributed by atoms with van der Waals surface area (Å²) in [5.41, 5.74) is 3.03. The molecule has 3 aromatic carbocycles. The molecule has 1 aliphatic heterocycles. The Hall–Kier alpha value is -4.33. The average Bonchev–Trinajstić information content (AvgIpc) is 2.93. The Morgan fingerprint density at radius 2 is 1.84 bits per heavy atom. The van der Waals surface area contributed by atoms with E-state index in [1.54, 1.807) is 49.6 Å². The second-order valence-electron chi connectivity index (χ2n) is 8.79. The molecule has 1 fully saturated rings. The van der Waals surface area contributed by atoms with E-state index in [1.165, 1.54) is 17.7 Å². The number of nitrogens with one attached hydrogen (secondary N) is 1. The number of anilines is 2. The van der Waals surface area contributed by atoms with Crippen molar-refractivity contribution in [3.05, 3.63) is 94.0 Å². The monoisotopic (exact) mass is 501 g/mol. The van der Waals surface area contributed by atoms with Crippen molar-refractivity contribution < 1.29 is 19.2 Å². The number of nitro groups is 1. The molecule has 1 aliphatic rings. The molecule has 8 heteroatoms. The number of carbonyl (C=O) groups excluding carboxylic acids is 1. The molecular weight excluding hydrogens is 470 g/mol. The highest BCUT2D eigenvalue weighted by molar-refractivity contribution is 6.02. The van der Waals surface area contributed by atoms with Gasteiger partial charge in [0, 0.05) is 30.9 Å². The molecule has 0 aliphatic carbocycles. The van der Waals surface area contributed by atoms with Crippen LogP contribution in [0.2, 0.25) is 0 Å². The molecule has 0 atom stereocenters. The minimum atomic E-state index is -0.362. The number of carbonyl (C=O) groups is 1. The predicted octanol–water partition coefficient (Wildman–Crippen LogP) is 6.04. The van der Waals surface area contributed by atoms with Gasteiger partial charge in [0.25, 0.3) is 5.69 Å². The van der Waals surface area contributed by atoms with Crippen LogP contribution in [0.3, 0.4) is 0 Å². The fourth-order valence-electron chi connectivity index (χ4n) is 4.65. The summed E-state index contributed by atoms with van der Waals surface area (Å²) in [7, 11) is 1.68. The Balaban J connectivity index is 1.41. The third-order valence-corrected chi connectivity index (χ3v) is 6.47. The number of hydrogen-bond donors (Lipinski definition) is 1. The first kappa shape index (κ1) is 25.8. The van der Waals surface area contributed by atoms with E-state index in [1.807, 2.05) is 25.1 Å². The Bertz CT molecular complexity index is 1260. The van der Waals surface area contributed by atoms with Gasteiger partial charge in [0.05, 0.1) is 18.6 Å². The molecule has 0 bridgehead atoms. The van der Waals surface area contributed by atoms with E-state index in [4.69, 9.17) is 9.47 Å². The van der Waals surface area contributed by atoms with Gasteiger partial charge in [-0.3, -0.25) is 14.9 Å². The van der Waals surface area contributed by atoms with Crippen molar-refractivity contribution in [3.8, 4) is 11.5 Å². The van der Waals surface area contributed by atoms with Crippen LogP contribution in [0.25, 0.3) is 6.08 Å². The molecule has 3 aromatic rings. The summed E-state index contributed by atoms with van der Waals surface area (Å²) in [5, 5.41) is 14.7. The Morgan fingerprint density at radius 1 is 1.11 bits per heavy atom. The van der Waals surface area contributed by atoms with Gasteiger partial charge in [-0.25, -0.2) is 0 Å². The van der Waals surface area contributed by atoms with Crippen molar-refractivity contribution in [2.24, 2.45) is 0 Å². The fourth-order valence-corrected chi connectivity index (χ4v) is 4.65. The maximum atomic E-state index is 12.3. The van der Waals surface area contributed by atoms with Crippen molar-refractivity contribution >= 4 is 29.0 Å². The predicted molar refractivity (Wildman–Crippen MR) is 146 cm³/mol. The van der Waals surface area contributed by atoms with Gasteiger partial charge in [0.15, 0.2) is 0 Å². The van der Waals surface area contributed by atoms with E-state index in [2.05, 4.69) is 16.3 Å². The third kappa shape index (κ3) is 6.46. The van der Waals surface area contributed by atoms with Gasteiger partial charge in [0.2, 0.25) is 5.91 Å². The third-order valence-electron chi connectivity index (χ3n) is 6.47. The molecule has 0 radical (unpaired) electrons. The van der Waals surface area contributed by atoms with Crippen LogP contribution in [0.15, 0.2) is 72.8 Å². The van der Waals surface area contributed by atoms with Gasteiger partial charge >= 0.3 is 0 Å². The van der Waals surface area contributed by atoms with Gasteiger partial charge in [-0.15, -0.1) is 0 Å². The van der Waals surface area contributed by atoms with E-state index >= 15 is 0 Å². The van der Waals surface area contributed by atoms with Crippen molar-refractivity contribution in [1.29, 1.82) is 0 Å². The van der Waals surface area contributed by atoms with Crippen molar-refractivity contribution in [2.75, 3.05) is 37.0 Å². The minimum absolute atomic E-state index is 0.0322. The summed E-state index contributed by atoms with van der Waals surface area (Å²) in [5.74, 6) is 1.64. The van der Waals surface area contributed by atoms with Gasteiger partial charge < -0.3 is 19.7 Å². The zero-order chi connectivity index (χ0) is 26.2. The zero-order valence-corrected chi connectivity index (χ0v) is 21.1. The number of benzene rings is 3. The number of ether oxygens (including phenoxy) is 2. The molecule has 0 unspecified atom stereocenters. The topological polar surface area (TPSA) is 93.9 Å². The van der Waals surface area contributed by atoms with Gasteiger partial charge in [-0.2, -0.15) is 0 Å². The van der Waals surface area contributed by atoms with Crippen molar-refractivity contribution in [1.82, 2.24) is 0 Å². The Morgan fingerprint density at radius 3 is 2.51 bits per heavy atom. The molecule has 0 aromatic heterocycles. The first-order valence-electron chi connectivity index (χ1n) is 12.4. The number of piperidine rings is 1. The molecule has 1 amide bonds. The molecule has 0 saturated carbocycles. The molecule has 1 saturated heterocycles. The van der Waals surface area contributed by atoms with Crippen LogP contribution in [0.5, 0.6) is 11.5 Å². The number of hydrogen-bond acceptors (Lipinski definition) is 6. The summed E-state index contributed by atoms with van der Waals surface area (Å²) in [6.45, 7) is 3.90. The largest absolute Gasteiger partial charge is 0.496 e. The van der Waals surface area contributed by atoms with Crippen LogP contribution in [-0.4, -0.2) is 37.6 Å². The number of amides is 1. The van der Waals surface area contributed by atoms with E-state index < -0.39 is 0 Å². The summed E-state index contributed by atoms with van der Waals surface area (Å²) in [6.07, 6.45) is 4.71. The highest BCUT2D eigenvalue weighted by atomic mass is 16.6. The van der Waals surface area contributed by atoms with Gasteiger partial charge in [-0.1, -0.05) is 24.3 Å². The number of nitro benzene ring substituents is 1. The standard InChI is InChI=1S/C29H31N3O5/c1-3-37-24-12-10-23(11-13-24)30-29(33)15-9-21-8-14-26(27(20-21)32(34)35)31-18-16-22(17-19-31)25-6-4-5-7-28(25)36-2/h4-15,20,22H,3,16-19H2,1-2H3,(H,30,33)/b15-9-. The Labute approximate surface area is 216 Å². The summed E-state index contributed by atoms with van der Waals surface area (Å²) in [6, 6.07) is 20.2. The van der Waals surface area contributed by atoms with E-state index in [0.717, 1.165) is 24.3 Å². The number of rotatable bonds is 9. The van der Waals surface area contributed by atoms with Gasteiger partial charge in [-0.05, 0) is 79.3 Å². The second kappa shape index (κ2) is 12.1. The SMILES string of the molecule is CCOc1ccc(NC(=O)/C=C\c2ccc(N3CCC(c4ccccc4OC)CC3)c([N+](=O)[O-])c2)cc1. The number of methoxy groups -OCH3 is 1. The van der Waals surface area contributed by atoms with Crippen LogP contribution < -0.4 is 19.7 Å². The first-order chi connectivity index (χ1) is 18.0. The zero-order valence-electron chi connectivity index (χ0n) is 21.1. The van der Waals surface area contributed by atoms with Crippen LogP contribution in [0.1, 0.15) is 36.8 Å². The Kier molecular flexibility index (Phi) is 8.40. The fraction of sp³-hybridized carbons (Fsp3) is 0.276. The molecule has 4 rings (SSSR count). The summed E-state index contributed by atoms with van der Waals surface area (Å²) < 4.78 is 10.9. The smallest absolute Gasteiger partial charge is 0.293 e. The van der Waals surface area contributed by atoms with Crippen LogP contribution in [0, 0.1) is 10.1 Å². The number of para-hydroxylation sites is 1. The highest BCUT2D eigenvalue weighted by Gasteiger charge is 2.27. The lowest BCUT2D eigenvalue weighted by atomic mass is 9.88. The normalized spacial score (nSPS) is 13.9. The summed E-state index contributed by atoms with van der Waals surface area (Å²) >= 11 is 0. The number of nitrogens with zero attached hydrogens (tertiary/aromatic N) is 2. The van der Waals surface area contributed by atoms with Crippen LogP contribution in [-0.2, 0) is 4.79 Å². The molecule has 1 heterocycles. The molecular formula is C29H31N3O5. The average molecular weight is 502 g/mol. The van der Waals surface area contributed by atoms with E-state index in [9.17, 15) is 14.9 Å². The summed E-state index contributed by atoms with van der Waals surface area (Å²) in [4.78, 5) is 25.9. The maximum Gasteiger partial charge on any atom is 0.293 e.